The second kappa shape index (κ2) is 7.98. The molecule has 28 heavy (non-hydrogen) atoms. The number of fused-ring (bicyclic) bond motifs is 1. The van der Waals surface area contributed by atoms with Crippen molar-refractivity contribution in [3.63, 3.8) is 0 Å². The third-order valence-corrected chi connectivity index (χ3v) is 5.87. The molecule has 0 saturated carbocycles. The maximum absolute atomic E-state index is 12.6. The molecule has 11 heteroatoms. The summed E-state index contributed by atoms with van der Waals surface area (Å²) in [6.07, 6.45) is 0. The van der Waals surface area contributed by atoms with Gasteiger partial charge >= 0.3 is 5.97 Å². The van der Waals surface area contributed by atoms with Crippen LogP contribution in [0.25, 0.3) is 10.2 Å². The molecule has 0 aliphatic rings. The third-order valence-electron chi connectivity index (χ3n) is 3.76. The summed E-state index contributed by atoms with van der Waals surface area (Å²) in [6.45, 7) is 5.29. The molecule has 0 bridgehead atoms. The highest BCUT2D eigenvalue weighted by Gasteiger charge is 2.17. The van der Waals surface area contributed by atoms with Crippen molar-refractivity contribution in [3.05, 3.63) is 48.7 Å². The van der Waals surface area contributed by atoms with Gasteiger partial charge in [0.05, 0.1) is 32.4 Å². The summed E-state index contributed by atoms with van der Waals surface area (Å²) in [5.74, 6) is -0.957. The Bertz CT molecular complexity index is 1160. The molecule has 3 rings (SSSR count). The SMILES string of the molecule is CCOC(=O)Cn1c(=NC(=O)c2sc(C)nc2C)sc2cc([N+](=O)[O-])ccc21. The van der Waals surface area contributed by atoms with Crippen molar-refractivity contribution in [1.82, 2.24) is 9.55 Å². The lowest BCUT2D eigenvalue weighted by molar-refractivity contribution is -0.384. The van der Waals surface area contributed by atoms with E-state index in [1.807, 2.05) is 0 Å². The van der Waals surface area contributed by atoms with E-state index >= 15 is 0 Å². The fourth-order valence-electron chi connectivity index (χ4n) is 2.62. The number of rotatable bonds is 5. The summed E-state index contributed by atoms with van der Waals surface area (Å²) >= 11 is 2.34. The van der Waals surface area contributed by atoms with E-state index in [0.717, 1.165) is 16.3 Å². The number of carbonyl (C=O) groups is 2. The van der Waals surface area contributed by atoms with Crippen LogP contribution in [0, 0.1) is 24.0 Å². The lowest BCUT2D eigenvalue weighted by atomic mass is 10.3. The molecule has 0 spiro atoms. The van der Waals surface area contributed by atoms with Crippen LogP contribution in [0.15, 0.2) is 23.2 Å². The largest absolute Gasteiger partial charge is 0.465 e. The number of esters is 1. The quantitative estimate of drug-likeness (QED) is 0.356. The monoisotopic (exact) mass is 420 g/mol. The van der Waals surface area contributed by atoms with E-state index < -0.39 is 16.8 Å². The van der Waals surface area contributed by atoms with Crippen molar-refractivity contribution in [3.8, 4) is 0 Å². The normalized spacial score (nSPS) is 11.8. The molecule has 0 radical (unpaired) electrons. The van der Waals surface area contributed by atoms with Gasteiger partial charge in [-0.15, -0.1) is 11.3 Å². The van der Waals surface area contributed by atoms with E-state index in [2.05, 4.69) is 9.98 Å². The van der Waals surface area contributed by atoms with Gasteiger partial charge < -0.3 is 9.30 Å². The summed E-state index contributed by atoms with van der Waals surface area (Å²) in [7, 11) is 0. The van der Waals surface area contributed by atoms with Crippen molar-refractivity contribution in [1.29, 1.82) is 0 Å². The average molecular weight is 420 g/mol. The standard InChI is InChI=1S/C17H16N4O5S2/c1-4-26-14(22)8-20-12-6-5-11(21(24)25)7-13(12)28-17(20)19-16(23)15-9(2)18-10(3)27-15/h5-7H,4,8H2,1-3H3. The number of nitro groups is 1. The summed E-state index contributed by atoms with van der Waals surface area (Å²) < 4.78 is 7.07. The first-order valence-electron chi connectivity index (χ1n) is 8.26. The molecular formula is C17H16N4O5S2. The first-order valence-corrected chi connectivity index (χ1v) is 9.90. The minimum absolute atomic E-state index is 0.0798. The number of nitrogens with zero attached hydrogens (tertiary/aromatic N) is 4. The van der Waals surface area contributed by atoms with Crippen molar-refractivity contribution in [2.75, 3.05) is 6.61 Å². The third kappa shape index (κ3) is 3.99. The Morgan fingerprint density at radius 3 is 2.68 bits per heavy atom. The number of carbonyl (C=O) groups excluding carboxylic acids is 2. The van der Waals surface area contributed by atoms with Crippen molar-refractivity contribution in [2.24, 2.45) is 4.99 Å². The fourth-order valence-corrected chi connectivity index (χ4v) is 4.48. The Labute approximate surface area is 167 Å². The average Bonchev–Trinajstić information content (AvgIpc) is 3.14. The number of thiazole rings is 2. The molecule has 1 aromatic carbocycles. The van der Waals surface area contributed by atoms with Crippen molar-refractivity contribution >= 4 is 50.5 Å². The molecule has 0 atom stereocenters. The zero-order valence-corrected chi connectivity index (χ0v) is 16.9. The summed E-state index contributed by atoms with van der Waals surface area (Å²) in [6, 6.07) is 4.28. The van der Waals surface area contributed by atoms with Crippen molar-refractivity contribution in [2.45, 2.75) is 27.3 Å². The van der Waals surface area contributed by atoms with Crippen LogP contribution in [0.2, 0.25) is 0 Å². The maximum atomic E-state index is 12.6. The van der Waals surface area contributed by atoms with Gasteiger partial charge in [0.1, 0.15) is 11.4 Å². The number of amides is 1. The number of benzene rings is 1. The minimum Gasteiger partial charge on any atom is -0.465 e. The van der Waals surface area contributed by atoms with Gasteiger partial charge in [-0.05, 0) is 26.8 Å². The van der Waals surface area contributed by atoms with E-state index in [1.165, 1.54) is 34.1 Å². The van der Waals surface area contributed by atoms with E-state index in [9.17, 15) is 19.7 Å². The van der Waals surface area contributed by atoms with Gasteiger partial charge in [0, 0.05) is 12.1 Å². The molecule has 1 amide bonds. The number of nitro benzene ring substituents is 1. The number of aromatic nitrogens is 2. The minimum atomic E-state index is -0.500. The maximum Gasteiger partial charge on any atom is 0.326 e. The number of non-ortho nitro benzene ring substituents is 1. The molecule has 0 fully saturated rings. The van der Waals surface area contributed by atoms with Crippen LogP contribution < -0.4 is 4.80 Å². The second-order valence-electron chi connectivity index (χ2n) is 5.75. The Kier molecular flexibility index (Phi) is 5.66. The highest BCUT2D eigenvalue weighted by atomic mass is 32.1. The number of aryl methyl sites for hydroxylation is 2. The molecule has 2 heterocycles. The second-order valence-corrected chi connectivity index (χ2v) is 7.96. The fraction of sp³-hybridized carbons (Fsp3) is 0.294. The highest BCUT2D eigenvalue weighted by Crippen LogP contribution is 2.24. The first kappa shape index (κ1) is 19.8. The summed E-state index contributed by atoms with van der Waals surface area (Å²) in [5.41, 5.74) is 1.07. The van der Waals surface area contributed by atoms with E-state index in [-0.39, 0.29) is 23.6 Å². The highest BCUT2D eigenvalue weighted by molar-refractivity contribution is 7.16. The van der Waals surface area contributed by atoms with Crippen LogP contribution in [0.3, 0.4) is 0 Å². The van der Waals surface area contributed by atoms with E-state index in [0.29, 0.717) is 20.8 Å². The Morgan fingerprint density at radius 1 is 1.32 bits per heavy atom. The van der Waals surface area contributed by atoms with Gasteiger partial charge in [0.25, 0.3) is 11.6 Å². The Hall–Kier alpha value is -2.92. The number of hydrogen-bond acceptors (Lipinski definition) is 8. The molecule has 0 aliphatic heterocycles. The predicted octanol–water partition coefficient (Wildman–Crippen LogP) is 2.99. The molecule has 3 aromatic rings. The molecule has 0 unspecified atom stereocenters. The van der Waals surface area contributed by atoms with Gasteiger partial charge in [-0.25, -0.2) is 4.98 Å². The Morgan fingerprint density at radius 2 is 2.07 bits per heavy atom. The van der Waals surface area contributed by atoms with Gasteiger partial charge in [-0.3, -0.25) is 19.7 Å². The Balaban J connectivity index is 2.15. The molecule has 0 saturated heterocycles. The number of ether oxygens (including phenoxy) is 1. The van der Waals surface area contributed by atoms with Crippen LogP contribution in [0.5, 0.6) is 0 Å². The zero-order valence-electron chi connectivity index (χ0n) is 15.3. The number of hydrogen-bond donors (Lipinski definition) is 0. The predicted molar refractivity (Wildman–Crippen MR) is 105 cm³/mol. The van der Waals surface area contributed by atoms with Gasteiger partial charge in [0.15, 0.2) is 4.80 Å². The summed E-state index contributed by atoms with van der Waals surface area (Å²) in [4.78, 5) is 44.3. The van der Waals surface area contributed by atoms with Crippen LogP contribution in [-0.2, 0) is 16.1 Å². The van der Waals surface area contributed by atoms with Gasteiger partial charge in [0.2, 0.25) is 0 Å². The van der Waals surface area contributed by atoms with Crippen molar-refractivity contribution < 1.29 is 19.2 Å². The summed E-state index contributed by atoms with van der Waals surface area (Å²) in [5, 5.41) is 11.8. The lowest BCUT2D eigenvalue weighted by Gasteiger charge is -2.05. The van der Waals surface area contributed by atoms with Crippen LogP contribution in [0.4, 0.5) is 5.69 Å². The van der Waals surface area contributed by atoms with Gasteiger partial charge in [-0.1, -0.05) is 11.3 Å². The van der Waals surface area contributed by atoms with Crippen LogP contribution in [0.1, 0.15) is 27.3 Å². The zero-order chi connectivity index (χ0) is 20.4. The molecule has 2 aromatic heterocycles. The molecule has 0 N–H and O–H groups in total. The van der Waals surface area contributed by atoms with Gasteiger partial charge in [-0.2, -0.15) is 4.99 Å². The van der Waals surface area contributed by atoms with Crippen LogP contribution in [-0.4, -0.2) is 33.0 Å². The molecule has 146 valence electrons. The molecule has 0 aliphatic carbocycles. The lowest BCUT2D eigenvalue weighted by Crippen LogP contribution is -2.23. The van der Waals surface area contributed by atoms with E-state index in [1.54, 1.807) is 20.8 Å². The molecular weight excluding hydrogens is 404 g/mol. The first-order chi connectivity index (χ1) is 13.3. The smallest absolute Gasteiger partial charge is 0.326 e. The molecule has 9 nitrogen and oxygen atoms in total. The van der Waals surface area contributed by atoms with Crippen LogP contribution >= 0.6 is 22.7 Å². The van der Waals surface area contributed by atoms with E-state index in [4.69, 9.17) is 4.74 Å². The topological polar surface area (TPSA) is 117 Å².